The van der Waals surface area contributed by atoms with Crippen molar-refractivity contribution in [1.29, 1.82) is 0 Å². The molecule has 0 saturated heterocycles. The molecular formula is C14H13N5O. The quantitative estimate of drug-likeness (QED) is 0.662. The van der Waals surface area contributed by atoms with Crippen LogP contribution in [-0.4, -0.2) is 21.1 Å². The number of hydrogen-bond acceptors (Lipinski definition) is 4. The summed E-state index contributed by atoms with van der Waals surface area (Å²) in [5.74, 6) is 0.235. The van der Waals surface area contributed by atoms with Crippen LogP contribution >= 0.6 is 0 Å². The molecule has 6 heteroatoms. The number of hydrogen-bond donors (Lipinski definition) is 3. The molecule has 1 amide bonds. The van der Waals surface area contributed by atoms with Crippen LogP contribution in [-0.2, 0) is 0 Å². The van der Waals surface area contributed by atoms with Crippen molar-refractivity contribution < 1.29 is 4.79 Å². The van der Waals surface area contributed by atoms with Gasteiger partial charge in [-0.1, -0.05) is 18.2 Å². The highest BCUT2D eigenvalue weighted by atomic mass is 16.1. The maximum absolute atomic E-state index is 12.2. The minimum atomic E-state index is -0.324. The standard InChI is InChI=1S/C14H13N5O/c1-8-7-16-19-13(8)18-14(20)12-6-10(15)9-4-2-3-5-11(9)17-12/h2-7H,1H3,(H2,15,17)(H2,16,18,19,20). The van der Waals surface area contributed by atoms with Gasteiger partial charge < -0.3 is 11.1 Å². The van der Waals surface area contributed by atoms with Crippen LogP contribution in [0.3, 0.4) is 0 Å². The first kappa shape index (κ1) is 12.2. The average Bonchev–Trinajstić information content (AvgIpc) is 2.84. The van der Waals surface area contributed by atoms with E-state index in [0.29, 0.717) is 17.0 Å². The number of nitrogens with two attached hydrogens (primary N) is 1. The van der Waals surface area contributed by atoms with Crippen LogP contribution in [0, 0.1) is 6.92 Å². The monoisotopic (exact) mass is 267 g/mol. The number of carbonyl (C=O) groups is 1. The van der Waals surface area contributed by atoms with Crippen LogP contribution in [0.1, 0.15) is 16.1 Å². The number of anilines is 2. The number of carbonyl (C=O) groups excluding carboxylic acids is 1. The van der Waals surface area contributed by atoms with Crippen LogP contribution in [0.15, 0.2) is 36.5 Å². The Kier molecular flexibility index (Phi) is 2.83. The second-order valence-electron chi connectivity index (χ2n) is 4.50. The lowest BCUT2D eigenvalue weighted by atomic mass is 10.1. The zero-order valence-electron chi connectivity index (χ0n) is 10.8. The molecule has 0 fully saturated rings. The topological polar surface area (TPSA) is 96.7 Å². The molecule has 100 valence electrons. The molecule has 0 saturated carbocycles. The molecule has 2 aromatic heterocycles. The first-order chi connectivity index (χ1) is 9.65. The maximum Gasteiger partial charge on any atom is 0.275 e. The Balaban J connectivity index is 1.98. The lowest BCUT2D eigenvalue weighted by Crippen LogP contribution is -2.15. The van der Waals surface area contributed by atoms with Gasteiger partial charge in [0.25, 0.3) is 5.91 Å². The van der Waals surface area contributed by atoms with E-state index in [1.165, 1.54) is 0 Å². The number of aromatic amines is 1. The number of rotatable bonds is 2. The van der Waals surface area contributed by atoms with E-state index in [4.69, 9.17) is 5.73 Å². The first-order valence-electron chi connectivity index (χ1n) is 6.12. The van der Waals surface area contributed by atoms with Crippen molar-refractivity contribution in [2.24, 2.45) is 0 Å². The zero-order chi connectivity index (χ0) is 14.1. The van der Waals surface area contributed by atoms with Gasteiger partial charge >= 0.3 is 0 Å². The normalized spacial score (nSPS) is 10.7. The summed E-state index contributed by atoms with van der Waals surface area (Å²) in [6, 6.07) is 9.01. The van der Waals surface area contributed by atoms with Crippen LogP contribution in [0.4, 0.5) is 11.5 Å². The van der Waals surface area contributed by atoms with E-state index in [-0.39, 0.29) is 11.6 Å². The number of aryl methyl sites for hydroxylation is 1. The molecule has 20 heavy (non-hydrogen) atoms. The molecule has 0 aliphatic carbocycles. The number of benzene rings is 1. The lowest BCUT2D eigenvalue weighted by Gasteiger charge is -2.06. The largest absolute Gasteiger partial charge is 0.398 e. The Morgan fingerprint density at radius 3 is 2.90 bits per heavy atom. The summed E-state index contributed by atoms with van der Waals surface area (Å²) in [4.78, 5) is 16.5. The SMILES string of the molecule is Cc1cn[nH]c1NC(=O)c1cc(N)c2ccccc2n1. The van der Waals surface area contributed by atoms with E-state index in [2.05, 4.69) is 20.5 Å². The summed E-state index contributed by atoms with van der Waals surface area (Å²) in [5.41, 5.74) is 8.31. The third-order valence-corrected chi connectivity index (χ3v) is 3.05. The lowest BCUT2D eigenvalue weighted by molar-refractivity contribution is 0.102. The van der Waals surface area contributed by atoms with Crippen molar-refractivity contribution in [2.45, 2.75) is 6.92 Å². The van der Waals surface area contributed by atoms with Gasteiger partial charge in [-0.05, 0) is 19.1 Å². The Hall–Kier alpha value is -2.89. The third-order valence-electron chi connectivity index (χ3n) is 3.05. The van der Waals surface area contributed by atoms with Crippen molar-refractivity contribution in [2.75, 3.05) is 11.1 Å². The second kappa shape index (κ2) is 4.65. The van der Waals surface area contributed by atoms with Crippen molar-refractivity contribution >= 4 is 28.3 Å². The Bertz CT molecular complexity index is 793. The number of aromatic nitrogens is 3. The van der Waals surface area contributed by atoms with E-state index in [0.717, 1.165) is 10.9 Å². The van der Waals surface area contributed by atoms with E-state index in [1.54, 1.807) is 12.3 Å². The van der Waals surface area contributed by atoms with E-state index in [1.807, 2.05) is 31.2 Å². The van der Waals surface area contributed by atoms with E-state index in [9.17, 15) is 4.79 Å². The minimum absolute atomic E-state index is 0.273. The van der Waals surface area contributed by atoms with Gasteiger partial charge in [0.1, 0.15) is 11.5 Å². The number of nitrogens with one attached hydrogen (secondary N) is 2. The van der Waals surface area contributed by atoms with Crippen LogP contribution in [0.5, 0.6) is 0 Å². The summed E-state index contributed by atoms with van der Waals surface area (Å²) in [5, 5.41) is 10.1. The van der Waals surface area contributed by atoms with Crippen LogP contribution in [0.2, 0.25) is 0 Å². The van der Waals surface area contributed by atoms with E-state index < -0.39 is 0 Å². The Labute approximate surface area is 115 Å². The summed E-state index contributed by atoms with van der Waals surface area (Å²) < 4.78 is 0. The van der Waals surface area contributed by atoms with Crippen molar-refractivity contribution in [1.82, 2.24) is 15.2 Å². The Morgan fingerprint density at radius 2 is 2.15 bits per heavy atom. The van der Waals surface area contributed by atoms with Crippen molar-refractivity contribution in [3.8, 4) is 0 Å². The summed E-state index contributed by atoms with van der Waals surface area (Å²) in [6.07, 6.45) is 1.64. The number of amides is 1. The second-order valence-corrected chi connectivity index (χ2v) is 4.50. The Morgan fingerprint density at radius 1 is 1.35 bits per heavy atom. The fraction of sp³-hybridized carbons (Fsp3) is 0.0714. The molecule has 0 unspecified atom stereocenters. The number of H-pyrrole nitrogens is 1. The smallest absolute Gasteiger partial charge is 0.275 e. The molecule has 4 N–H and O–H groups in total. The van der Waals surface area contributed by atoms with E-state index >= 15 is 0 Å². The molecule has 0 atom stereocenters. The summed E-state index contributed by atoms with van der Waals surface area (Å²) in [7, 11) is 0. The van der Waals surface area contributed by atoms with Gasteiger partial charge in [0, 0.05) is 16.6 Å². The highest BCUT2D eigenvalue weighted by molar-refractivity contribution is 6.05. The average molecular weight is 267 g/mol. The van der Waals surface area contributed by atoms with Gasteiger partial charge in [-0.25, -0.2) is 4.98 Å². The molecule has 0 aliphatic rings. The number of nitrogens with zero attached hydrogens (tertiary/aromatic N) is 2. The molecule has 0 aliphatic heterocycles. The number of nitrogen functional groups attached to an aromatic ring is 1. The fourth-order valence-electron chi connectivity index (χ4n) is 1.97. The van der Waals surface area contributed by atoms with Gasteiger partial charge in [-0.15, -0.1) is 0 Å². The zero-order valence-corrected chi connectivity index (χ0v) is 10.8. The molecule has 0 radical (unpaired) electrons. The third kappa shape index (κ3) is 2.07. The fourth-order valence-corrected chi connectivity index (χ4v) is 1.97. The molecule has 6 nitrogen and oxygen atoms in total. The van der Waals surface area contributed by atoms with Gasteiger partial charge in [-0.3, -0.25) is 9.89 Å². The predicted molar refractivity (Wildman–Crippen MR) is 77.4 cm³/mol. The molecule has 2 heterocycles. The molecule has 3 aromatic rings. The molecule has 0 bridgehead atoms. The summed E-state index contributed by atoms with van der Waals surface area (Å²) >= 11 is 0. The van der Waals surface area contributed by atoms with Crippen molar-refractivity contribution in [3.05, 3.63) is 47.8 Å². The highest BCUT2D eigenvalue weighted by Crippen LogP contribution is 2.20. The van der Waals surface area contributed by atoms with Crippen LogP contribution < -0.4 is 11.1 Å². The molecule has 3 rings (SSSR count). The number of fused-ring (bicyclic) bond motifs is 1. The summed E-state index contributed by atoms with van der Waals surface area (Å²) in [6.45, 7) is 1.85. The molecular weight excluding hydrogens is 254 g/mol. The van der Waals surface area contributed by atoms with Gasteiger partial charge in [0.2, 0.25) is 0 Å². The van der Waals surface area contributed by atoms with Gasteiger partial charge in [0.15, 0.2) is 0 Å². The molecule has 0 spiro atoms. The van der Waals surface area contributed by atoms with Gasteiger partial charge in [-0.2, -0.15) is 5.10 Å². The predicted octanol–water partition coefficient (Wildman–Crippen LogP) is 2.10. The number of pyridine rings is 1. The minimum Gasteiger partial charge on any atom is -0.398 e. The van der Waals surface area contributed by atoms with Gasteiger partial charge in [0.05, 0.1) is 11.7 Å². The first-order valence-corrected chi connectivity index (χ1v) is 6.12. The van der Waals surface area contributed by atoms with Crippen molar-refractivity contribution in [3.63, 3.8) is 0 Å². The maximum atomic E-state index is 12.2. The molecule has 1 aromatic carbocycles. The highest BCUT2D eigenvalue weighted by Gasteiger charge is 2.12. The van der Waals surface area contributed by atoms with Crippen LogP contribution in [0.25, 0.3) is 10.9 Å². The number of para-hydroxylation sites is 1.